The van der Waals surface area contributed by atoms with Crippen LogP contribution in [0.5, 0.6) is 0 Å². The molecule has 108 valence electrons. The van der Waals surface area contributed by atoms with Crippen LogP contribution in [0.1, 0.15) is 30.6 Å². The van der Waals surface area contributed by atoms with Gasteiger partial charge in [0.05, 0.1) is 12.0 Å². The zero-order chi connectivity index (χ0) is 14.0. The fraction of sp³-hybridized carbons (Fsp3) is 0.692. The van der Waals surface area contributed by atoms with Gasteiger partial charge in [0.1, 0.15) is 0 Å². The lowest BCUT2D eigenvalue weighted by Crippen LogP contribution is -2.34. The van der Waals surface area contributed by atoms with Crippen LogP contribution in [-0.4, -0.2) is 17.4 Å². The van der Waals surface area contributed by atoms with Crippen molar-refractivity contribution >= 4 is 27.3 Å². The van der Waals surface area contributed by atoms with E-state index < -0.39 is 18.2 Å². The SMILES string of the molecule is OC(Cc1sccc1Br)C1CCCC(C(F)(F)F)C1. The lowest BCUT2D eigenvalue weighted by molar-refractivity contribution is -0.188. The van der Waals surface area contributed by atoms with Crippen LogP contribution in [0.15, 0.2) is 15.9 Å². The van der Waals surface area contributed by atoms with Crippen LogP contribution in [0.3, 0.4) is 0 Å². The van der Waals surface area contributed by atoms with Crippen LogP contribution in [0.4, 0.5) is 13.2 Å². The van der Waals surface area contributed by atoms with Gasteiger partial charge >= 0.3 is 6.18 Å². The van der Waals surface area contributed by atoms with Crippen molar-refractivity contribution < 1.29 is 18.3 Å². The zero-order valence-electron chi connectivity index (χ0n) is 10.3. The summed E-state index contributed by atoms with van der Waals surface area (Å²) in [5.74, 6) is -1.48. The van der Waals surface area contributed by atoms with Gasteiger partial charge in [0, 0.05) is 15.8 Å². The predicted octanol–water partition coefficient (Wildman–Crippen LogP) is 4.78. The van der Waals surface area contributed by atoms with Crippen LogP contribution in [0.2, 0.25) is 0 Å². The highest BCUT2D eigenvalue weighted by molar-refractivity contribution is 9.10. The van der Waals surface area contributed by atoms with E-state index in [0.717, 1.165) is 9.35 Å². The van der Waals surface area contributed by atoms with E-state index in [2.05, 4.69) is 15.9 Å². The first-order chi connectivity index (χ1) is 8.88. The minimum absolute atomic E-state index is 0.0632. The highest BCUT2D eigenvalue weighted by Crippen LogP contribution is 2.41. The molecule has 19 heavy (non-hydrogen) atoms. The molecule has 0 aliphatic heterocycles. The lowest BCUT2D eigenvalue weighted by atomic mass is 9.77. The minimum atomic E-state index is -4.12. The molecule has 1 nitrogen and oxygen atoms in total. The number of alkyl halides is 3. The second-order valence-electron chi connectivity index (χ2n) is 5.13. The third kappa shape index (κ3) is 3.95. The van der Waals surface area contributed by atoms with Crippen molar-refractivity contribution in [2.24, 2.45) is 11.8 Å². The van der Waals surface area contributed by atoms with Gasteiger partial charge in [-0.3, -0.25) is 0 Å². The summed E-state index contributed by atoms with van der Waals surface area (Å²) in [6.07, 6.45) is -2.85. The maximum absolute atomic E-state index is 12.7. The molecule has 1 aromatic heterocycles. The molecule has 1 fully saturated rings. The molecule has 2 rings (SSSR count). The monoisotopic (exact) mass is 356 g/mol. The smallest absolute Gasteiger partial charge is 0.391 e. The van der Waals surface area contributed by atoms with E-state index in [-0.39, 0.29) is 18.8 Å². The minimum Gasteiger partial charge on any atom is -0.392 e. The molecule has 3 unspecified atom stereocenters. The zero-order valence-corrected chi connectivity index (χ0v) is 12.7. The van der Waals surface area contributed by atoms with E-state index in [0.29, 0.717) is 19.3 Å². The molecule has 3 atom stereocenters. The first-order valence-corrected chi connectivity index (χ1v) is 8.02. The van der Waals surface area contributed by atoms with E-state index in [1.165, 1.54) is 11.3 Å². The van der Waals surface area contributed by atoms with Gasteiger partial charge < -0.3 is 5.11 Å². The molecule has 0 radical (unpaired) electrons. The highest BCUT2D eigenvalue weighted by atomic mass is 79.9. The Morgan fingerprint density at radius 2 is 2.16 bits per heavy atom. The summed E-state index contributed by atoms with van der Waals surface area (Å²) in [6.45, 7) is 0. The molecule has 1 heterocycles. The van der Waals surface area contributed by atoms with Crippen LogP contribution in [0, 0.1) is 11.8 Å². The number of thiophene rings is 1. The Labute approximate surface area is 123 Å². The standard InChI is InChI=1S/C13H16BrF3OS/c14-10-4-5-19-12(10)7-11(18)8-2-1-3-9(6-8)13(15,16)17/h4-5,8-9,11,18H,1-3,6-7H2. The molecule has 0 aromatic carbocycles. The number of hydrogen-bond donors (Lipinski definition) is 1. The van der Waals surface area contributed by atoms with Gasteiger partial charge in [-0.15, -0.1) is 11.3 Å². The molecular formula is C13H16BrF3OS. The summed E-state index contributed by atoms with van der Waals surface area (Å²) in [5, 5.41) is 12.1. The molecular weight excluding hydrogens is 341 g/mol. The fourth-order valence-corrected chi connectivity index (χ4v) is 4.27. The largest absolute Gasteiger partial charge is 0.392 e. The maximum Gasteiger partial charge on any atom is 0.391 e. The molecule has 1 aromatic rings. The summed E-state index contributed by atoms with van der Waals surface area (Å²) < 4.78 is 39.1. The predicted molar refractivity (Wildman–Crippen MR) is 73.2 cm³/mol. The Hall–Kier alpha value is -0.0700. The Balaban J connectivity index is 1.96. The van der Waals surface area contributed by atoms with Gasteiger partial charge in [-0.1, -0.05) is 6.42 Å². The average Bonchev–Trinajstić information content (AvgIpc) is 2.74. The second-order valence-corrected chi connectivity index (χ2v) is 6.98. The summed E-state index contributed by atoms with van der Waals surface area (Å²) in [7, 11) is 0. The van der Waals surface area contributed by atoms with E-state index in [1.54, 1.807) is 0 Å². The van der Waals surface area contributed by atoms with Crippen molar-refractivity contribution in [3.05, 3.63) is 20.8 Å². The second kappa shape index (κ2) is 6.14. The van der Waals surface area contributed by atoms with Crippen molar-refractivity contribution in [3.63, 3.8) is 0 Å². The van der Waals surface area contributed by atoms with Gasteiger partial charge in [-0.2, -0.15) is 13.2 Å². The van der Waals surface area contributed by atoms with E-state index in [4.69, 9.17) is 0 Å². The third-order valence-corrected chi connectivity index (χ3v) is 5.76. The molecule has 1 aliphatic carbocycles. The molecule has 0 amide bonds. The number of hydrogen-bond acceptors (Lipinski definition) is 2. The topological polar surface area (TPSA) is 20.2 Å². The van der Waals surface area contributed by atoms with Crippen molar-refractivity contribution in [2.75, 3.05) is 0 Å². The van der Waals surface area contributed by atoms with Crippen LogP contribution >= 0.6 is 27.3 Å². The molecule has 1 saturated carbocycles. The number of aliphatic hydroxyl groups is 1. The van der Waals surface area contributed by atoms with Crippen molar-refractivity contribution in [2.45, 2.75) is 44.4 Å². The summed E-state index contributed by atoms with van der Waals surface area (Å²) in [4.78, 5) is 1.00. The molecule has 1 N–H and O–H groups in total. The molecule has 0 spiro atoms. The number of aliphatic hydroxyl groups excluding tert-OH is 1. The maximum atomic E-state index is 12.7. The lowest BCUT2D eigenvalue weighted by Gasteiger charge is -2.33. The van der Waals surface area contributed by atoms with Crippen molar-refractivity contribution in [1.29, 1.82) is 0 Å². The number of halogens is 4. The summed E-state index contributed by atoms with van der Waals surface area (Å²) >= 11 is 4.90. The fourth-order valence-electron chi connectivity index (χ4n) is 2.70. The Morgan fingerprint density at radius 3 is 2.74 bits per heavy atom. The van der Waals surface area contributed by atoms with Gasteiger partial charge in [0.2, 0.25) is 0 Å². The summed E-state index contributed by atoms with van der Waals surface area (Å²) in [5.41, 5.74) is 0. The van der Waals surface area contributed by atoms with Crippen LogP contribution < -0.4 is 0 Å². The summed E-state index contributed by atoms with van der Waals surface area (Å²) in [6, 6.07) is 1.89. The van der Waals surface area contributed by atoms with Gasteiger partial charge in [-0.05, 0) is 52.6 Å². The van der Waals surface area contributed by atoms with Crippen LogP contribution in [0.25, 0.3) is 0 Å². The third-order valence-electron chi connectivity index (χ3n) is 3.81. The van der Waals surface area contributed by atoms with E-state index in [9.17, 15) is 18.3 Å². The van der Waals surface area contributed by atoms with Gasteiger partial charge in [0.15, 0.2) is 0 Å². The highest BCUT2D eigenvalue weighted by Gasteiger charge is 2.43. The first kappa shape index (κ1) is 15.3. The van der Waals surface area contributed by atoms with Crippen LogP contribution in [-0.2, 0) is 6.42 Å². The Morgan fingerprint density at radius 1 is 1.42 bits per heavy atom. The Kier molecular flexibility index (Phi) is 4.95. The van der Waals surface area contributed by atoms with Crippen molar-refractivity contribution in [3.8, 4) is 0 Å². The Bertz CT molecular complexity index is 418. The van der Waals surface area contributed by atoms with E-state index in [1.807, 2.05) is 11.4 Å². The molecule has 0 saturated heterocycles. The molecule has 0 bridgehead atoms. The normalized spacial score (nSPS) is 26.4. The number of rotatable bonds is 3. The molecule has 1 aliphatic rings. The van der Waals surface area contributed by atoms with E-state index >= 15 is 0 Å². The van der Waals surface area contributed by atoms with Gasteiger partial charge in [-0.25, -0.2) is 0 Å². The first-order valence-electron chi connectivity index (χ1n) is 6.34. The van der Waals surface area contributed by atoms with Gasteiger partial charge in [0.25, 0.3) is 0 Å². The quantitative estimate of drug-likeness (QED) is 0.825. The van der Waals surface area contributed by atoms with Crippen molar-refractivity contribution in [1.82, 2.24) is 0 Å². The molecule has 6 heteroatoms. The average molecular weight is 357 g/mol.